The molecule has 2 aromatic carbocycles. The maximum absolute atomic E-state index is 12.4. The Bertz CT molecular complexity index is 1040. The largest absolute Gasteiger partial charge is 0.404 e. The number of nitrogens with one attached hydrogen (secondary N) is 1. The second-order valence-electron chi connectivity index (χ2n) is 6.38. The van der Waals surface area contributed by atoms with Crippen molar-refractivity contribution >= 4 is 11.8 Å². The minimum Gasteiger partial charge on any atom is -0.404 e. The first-order valence-corrected chi connectivity index (χ1v) is 9.61. The molecule has 0 fully saturated rings. The molecule has 1 N–H and O–H groups in total. The molecule has 0 aliphatic rings. The summed E-state index contributed by atoms with van der Waals surface area (Å²) in [6, 6.07) is 15.7. The summed E-state index contributed by atoms with van der Waals surface area (Å²) in [5.74, 6) is 0. The van der Waals surface area contributed by atoms with Gasteiger partial charge in [0.05, 0.1) is 5.56 Å². The van der Waals surface area contributed by atoms with Gasteiger partial charge in [-0.1, -0.05) is 55.1 Å². The predicted molar refractivity (Wildman–Crippen MR) is 107 cm³/mol. The standard InChI is InChI=1S/C21H22N2O3S/c1-4-18-19(24)22-21(25)23(26-13-16-8-6-5-7-9-16)20(18)27-17-11-14(2)10-15(3)12-17/h5-12H,4,13H2,1-3H3,(H,22,24,25). The number of benzene rings is 2. The molecule has 0 unspecified atom stereocenters. The molecule has 0 saturated heterocycles. The van der Waals surface area contributed by atoms with Crippen molar-refractivity contribution in [2.45, 2.75) is 43.7 Å². The van der Waals surface area contributed by atoms with E-state index in [-0.39, 0.29) is 12.2 Å². The summed E-state index contributed by atoms with van der Waals surface area (Å²) in [5.41, 5.74) is 2.79. The molecular weight excluding hydrogens is 360 g/mol. The first kappa shape index (κ1) is 19.0. The third kappa shape index (κ3) is 4.52. The van der Waals surface area contributed by atoms with Gasteiger partial charge in [0.25, 0.3) is 5.56 Å². The fourth-order valence-electron chi connectivity index (χ4n) is 2.88. The van der Waals surface area contributed by atoms with Crippen LogP contribution in [0.2, 0.25) is 0 Å². The normalized spacial score (nSPS) is 10.8. The molecule has 3 aromatic rings. The van der Waals surface area contributed by atoms with Crippen molar-refractivity contribution in [1.29, 1.82) is 0 Å². The molecule has 0 aliphatic heterocycles. The van der Waals surface area contributed by atoms with Gasteiger partial charge in [-0.15, -0.1) is 4.73 Å². The highest BCUT2D eigenvalue weighted by atomic mass is 32.2. The lowest BCUT2D eigenvalue weighted by molar-refractivity contribution is 0.0664. The maximum atomic E-state index is 12.4. The average molecular weight is 382 g/mol. The summed E-state index contributed by atoms with van der Waals surface area (Å²) in [4.78, 5) is 33.9. The second-order valence-corrected chi connectivity index (χ2v) is 7.44. The minimum absolute atomic E-state index is 0.232. The van der Waals surface area contributed by atoms with E-state index in [2.05, 4.69) is 11.1 Å². The molecule has 27 heavy (non-hydrogen) atoms. The number of rotatable bonds is 6. The zero-order valence-corrected chi connectivity index (χ0v) is 16.4. The minimum atomic E-state index is -0.569. The van der Waals surface area contributed by atoms with E-state index in [0.717, 1.165) is 21.6 Å². The van der Waals surface area contributed by atoms with Crippen molar-refractivity contribution in [2.24, 2.45) is 0 Å². The Kier molecular flexibility index (Phi) is 5.86. The molecule has 0 spiro atoms. The molecular formula is C21H22N2O3S. The smallest absolute Gasteiger partial charge is 0.362 e. The van der Waals surface area contributed by atoms with Crippen LogP contribution in [0.5, 0.6) is 0 Å². The van der Waals surface area contributed by atoms with Crippen LogP contribution in [0.15, 0.2) is 68.0 Å². The lowest BCUT2D eigenvalue weighted by Gasteiger charge is -2.16. The van der Waals surface area contributed by atoms with E-state index in [9.17, 15) is 9.59 Å². The molecule has 1 aromatic heterocycles. The van der Waals surface area contributed by atoms with Gasteiger partial charge >= 0.3 is 5.69 Å². The molecule has 140 valence electrons. The quantitative estimate of drug-likeness (QED) is 0.663. The van der Waals surface area contributed by atoms with E-state index in [4.69, 9.17) is 4.84 Å². The molecule has 0 atom stereocenters. The number of aromatic nitrogens is 2. The molecule has 0 bridgehead atoms. The summed E-state index contributed by atoms with van der Waals surface area (Å²) in [6.45, 7) is 6.17. The Morgan fingerprint density at radius 2 is 1.70 bits per heavy atom. The van der Waals surface area contributed by atoms with E-state index in [1.165, 1.54) is 16.5 Å². The topological polar surface area (TPSA) is 64.1 Å². The van der Waals surface area contributed by atoms with Crippen LogP contribution in [0.3, 0.4) is 0 Å². The number of aryl methyl sites for hydroxylation is 2. The Balaban J connectivity index is 2.03. The first-order valence-electron chi connectivity index (χ1n) is 8.79. The third-order valence-corrected chi connectivity index (χ3v) is 5.17. The van der Waals surface area contributed by atoms with Gasteiger partial charge in [0.2, 0.25) is 0 Å². The number of hydrogen-bond donors (Lipinski definition) is 1. The van der Waals surface area contributed by atoms with Crippen LogP contribution in [0, 0.1) is 13.8 Å². The number of hydrogen-bond acceptors (Lipinski definition) is 4. The summed E-state index contributed by atoms with van der Waals surface area (Å²) in [7, 11) is 0. The zero-order chi connectivity index (χ0) is 19.4. The molecule has 0 amide bonds. The fraction of sp³-hybridized carbons (Fsp3) is 0.238. The predicted octanol–water partition coefficient (Wildman–Crippen LogP) is 3.50. The lowest BCUT2D eigenvalue weighted by atomic mass is 10.2. The summed E-state index contributed by atoms with van der Waals surface area (Å²) in [6.07, 6.45) is 0.497. The second kappa shape index (κ2) is 8.31. The molecule has 3 rings (SSSR count). The van der Waals surface area contributed by atoms with Crippen molar-refractivity contribution < 1.29 is 4.84 Å². The fourth-order valence-corrected chi connectivity index (χ4v) is 4.18. The van der Waals surface area contributed by atoms with Gasteiger partial charge in [-0.05, 0) is 49.1 Å². The van der Waals surface area contributed by atoms with Crippen molar-refractivity contribution in [3.05, 3.63) is 91.6 Å². The Labute approximate surface area is 162 Å². The van der Waals surface area contributed by atoms with Gasteiger partial charge in [-0.2, -0.15) is 0 Å². The van der Waals surface area contributed by atoms with Gasteiger partial charge in [0.15, 0.2) is 0 Å². The molecule has 5 nitrogen and oxygen atoms in total. The van der Waals surface area contributed by atoms with E-state index < -0.39 is 5.69 Å². The summed E-state index contributed by atoms with van der Waals surface area (Å²) < 4.78 is 1.20. The monoisotopic (exact) mass is 382 g/mol. The van der Waals surface area contributed by atoms with E-state index >= 15 is 0 Å². The van der Waals surface area contributed by atoms with Crippen molar-refractivity contribution in [1.82, 2.24) is 9.71 Å². The highest BCUT2D eigenvalue weighted by Gasteiger charge is 2.17. The van der Waals surface area contributed by atoms with Crippen LogP contribution < -0.4 is 16.1 Å². The maximum Gasteiger partial charge on any atom is 0.362 e. The van der Waals surface area contributed by atoms with Gasteiger partial charge in [-0.3, -0.25) is 9.78 Å². The SMILES string of the molecule is CCc1c(Sc2cc(C)cc(C)c2)n(OCc2ccccc2)c(=O)[nH]c1=O. The third-order valence-electron chi connectivity index (χ3n) is 4.09. The molecule has 6 heteroatoms. The highest BCUT2D eigenvalue weighted by Crippen LogP contribution is 2.30. The van der Waals surface area contributed by atoms with Gasteiger partial charge < -0.3 is 4.84 Å². The zero-order valence-electron chi connectivity index (χ0n) is 15.6. The van der Waals surface area contributed by atoms with Crippen molar-refractivity contribution in [3.8, 4) is 0 Å². The molecule has 0 saturated carbocycles. The van der Waals surface area contributed by atoms with E-state index in [1.54, 1.807) is 0 Å². The lowest BCUT2D eigenvalue weighted by Crippen LogP contribution is -2.37. The molecule has 0 radical (unpaired) electrons. The Hall–Kier alpha value is -2.73. The number of aromatic amines is 1. The van der Waals surface area contributed by atoms with E-state index in [1.807, 2.05) is 63.2 Å². The van der Waals surface area contributed by atoms with E-state index in [0.29, 0.717) is 17.0 Å². The Morgan fingerprint density at radius 1 is 1.04 bits per heavy atom. The van der Waals surface area contributed by atoms with Crippen molar-refractivity contribution in [3.63, 3.8) is 0 Å². The highest BCUT2D eigenvalue weighted by molar-refractivity contribution is 7.99. The number of nitrogens with zero attached hydrogens (tertiary/aromatic N) is 1. The van der Waals surface area contributed by atoms with Crippen LogP contribution in [-0.4, -0.2) is 9.71 Å². The molecule has 0 aliphatic carbocycles. The Morgan fingerprint density at radius 3 is 2.33 bits per heavy atom. The van der Waals surface area contributed by atoms with Gasteiger partial charge in [-0.25, -0.2) is 4.79 Å². The van der Waals surface area contributed by atoms with Crippen LogP contribution >= 0.6 is 11.8 Å². The van der Waals surface area contributed by atoms with Crippen LogP contribution in [0.4, 0.5) is 0 Å². The van der Waals surface area contributed by atoms with Gasteiger partial charge in [0, 0.05) is 4.90 Å². The first-order chi connectivity index (χ1) is 13.0. The van der Waals surface area contributed by atoms with Crippen LogP contribution in [-0.2, 0) is 13.0 Å². The summed E-state index contributed by atoms with van der Waals surface area (Å²) >= 11 is 1.38. The van der Waals surface area contributed by atoms with Crippen molar-refractivity contribution in [2.75, 3.05) is 0 Å². The van der Waals surface area contributed by atoms with Gasteiger partial charge in [0.1, 0.15) is 11.6 Å². The molecule has 1 heterocycles. The van der Waals surface area contributed by atoms with Crippen LogP contribution in [0.25, 0.3) is 0 Å². The average Bonchev–Trinajstić information content (AvgIpc) is 2.61. The summed E-state index contributed by atoms with van der Waals surface area (Å²) in [5, 5.41) is 0.521. The number of H-pyrrole nitrogens is 1. The van der Waals surface area contributed by atoms with Crippen LogP contribution in [0.1, 0.15) is 29.2 Å².